The molecule has 1 aliphatic rings. The van der Waals surface area contributed by atoms with E-state index in [1.807, 2.05) is 6.07 Å². The minimum atomic E-state index is -4.55. The van der Waals surface area contributed by atoms with Gasteiger partial charge in [0.1, 0.15) is 6.04 Å². The molecule has 0 amide bonds. The van der Waals surface area contributed by atoms with E-state index in [1.54, 1.807) is 31.2 Å². The number of nitrogens with two attached hydrogens (primary N) is 1. The van der Waals surface area contributed by atoms with E-state index in [0.29, 0.717) is 16.8 Å². The van der Waals surface area contributed by atoms with E-state index in [9.17, 15) is 18.0 Å². The fourth-order valence-corrected chi connectivity index (χ4v) is 3.31. The van der Waals surface area contributed by atoms with Gasteiger partial charge in [-0.2, -0.15) is 18.4 Å². The summed E-state index contributed by atoms with van der Waals surface area (Å²) in [6.07, 6.45) is -4.55. The number of nitriles is 1. The van der Waals surface area contributed by atoms with E-state index >= 15 is 0 Å². The van der Waals surface area contributed by atoms with E-state index < -0.39 is 23.8 Å². The molecular formula is C21H18F3N5O2. The first-order valence-electron chi connectivity index (χ1n) is 9.02. The van der Waals surface area contributed by atoms with Gasteiger partial charge in [0.25, 0.3) is 0 Å². The number of carbonyl (C=O) groups excluding carboxylic acids is 1. The molecule has 3 N–H and O–H groups in total. The molecule has 1 aliphatic heterocycles. The lowest BCUT2D eigenvalue weighted by atomic mass is 9.95. The molecule has 1 heterocycles. The molecule has 2 aromatic rings. The molecule has 1 unspecified atom stereocenters. The van der Waals surface area contributed by atoms with Crippen molar-refractivity contribution in [3.05, 3.63) is 76.5 Å². The topological polar surface area (TPSA) is 104 Å². The molecule has 2 aromatic carbocycles. The Morgan fingerprint density at radius 3 is 2.48 bits per heavy atom. The van der Waals surface area contributed by atoms with Crippen LogP contribution < -0.4 is 16.2 Å². The van der Waals surface area contributed by atoms with Gasteiger partial charge in [-0.25, -0.2) is 15.6 Å². The van der Waals surface area contributed by atoms with Crippen LogP contribution >= 0.6 is 0 Å². The average molecular weight is 429 g/mol. The summed E-state index contributed by atoms with van der Waals surface area (Å²) in [6, 6.07) is 12.2. The number of rotatable bonds is 3. The predicted octanol–water partition coefficient (Wildman–Crippen LogP) is 3.40. The lowest BCUT2D eigenvalue weighted by Crippen LogP contribution is -2.47. The number of halogens is 3. The summed E-state index contributed by atoms with van der Waals surface area (Å²) in [6.45, 7) is 1.56. The van der Waals surface area contributed by atoms with Gasteiger partial charge in [-0.3, -0.25) is 10.3 Å². The molecule has 31 heavy (non-hydrogen) atoms. The molecule has 10 heteroatoms. The monoisotopic (exact) mass is 429 g/mol. The van der Waals surface area contributed by atoms with Crippen molar-refractivity contribution in [1.82, 2.24) is 5.43 Å². The van der Waals surface area contributed by atoms with Gasteiger partial charge in [-0.1, -0.05) is 18.2 Å². The van der Waals surface area contributed by atoms with Gasteiger partial charge >= 0.3 is 12.1 Å². The van der Waals surface area contributed by atoms with Gasteiger partial charge in [0, 0.05) is 11.4 Å². The molecule has 1 atom stereocenters. The summed E-state index contributed by atoms with van der Waals surface area (Å²) in [7, 11) is 1.20. The second-order valence-corrected chi connectivity index (χ2v) is 6.61. The Hall–Kier alpha value is -3.84. The maximum atomic E-state index is 13.2. The number of hydrogen-bond acceptors (Lipinski definition) is 7. The molecule has 0 saturated heterocycles. The Morgan fingerprint density at radius 2 is 1.94 bits per heavy atom. The van der Waals surface area contributed by atoms with Crippen LogP contribution in [0.2, 0.25) is 0 Å². The Labute approximate surface area is 176 Å². The van der Waals surface area contributed by atoms with Crippen LogP contribution in [-0.2, 0) is 15.7 Å². The number of carbonyl (C=O) groups is 1. The lowest BCUT2D eigenvalue weighted by molar-refractivity contribution is -0.138. The lowest BCUT2D eigenvalue weighted by Gasteiger charge is -2.34. The Bertz CT molecular complexity index is 1100. The molecule has 0 aliphatic carbocycles. The van der Waals surface area contributed by atoms with Gasteiger partial charge < -0.3 is 4.74 Å². The molecule has 0 bridgehead atoms. The highest BCUT2D eigenvalue weighted by molar-refractivity contribution is 6.04. The van der Waals surface area contributed by atoms with Crippen molar-refractivity contribution in [1.29, 1.82) is 5.26 Å². The van der Waals surface area contributed by atoms with Crippen molar-refractivity contribution in [3.63, 3.8) is 0 Å². The molecule has 7 nitrogen and oxygen atoms in total. The fourth-order valence-electron chi connectivity index (χ4n) is 3.31. The summed E-state index contributed by atoms with van der Waals surface area (Å²) >= 11 is 0. The number of guanidine groups is 1. The van der Waals surface area contributed by atoms with E-state index in [1.165, 1.54) is 24.1 Å². The van der Waals surface area contributed by atoms with E-state index in [0.717, 1.165) is 12.1 Å². The zero-order valence-electron chi connectivity index (χ0n) is 16.6. The number of hydrogen-bond donors (Lipinski definition) is 2. The molecule has 0 radical (unpaired) electrons. The van der Waals surface area contributed by atoms with Crippen LogP contribution in [0.4, 0.5) is 18.9 Å². The molecule has 0 fully saturated rings. The van der Waals surface area contributed by atoms with Crippen LogP contribution in [0.3, 0.4) is 0 Å². The summed E-state index contributed by atoms with van der Waals surface area (Å²) in [5, 5.41) is 9.01. The smallest absolute Gasteiger partial charge is 0.416 e. The Kier molecular flexibility index (Phi) is 5.99. The predicted molar refractivity (Wildman–Crippen MR) is 107 cm³/mol. The van der Waals surface area contributed by atoms with Crippen LogP contribution in [0.1, 0.15) is 29.7 Å². The largest absolute Gasteiger partial charge is 0.466 e. The highest BCUT2D eigenvalue weighted by atomic mass is 19.4. The number of hydrazine groups is 1. The second-order valence-electron chi connectivity index (χ2n) is 6.61. The van der Waals surface area contributed by atoms with Crippen LogP contribution in [0.25, 0.3) is 0 Å². The van der Waals surface area contributed by atoms with Crippen LogP contribution in [0, 0.1) is 11.3 Å². The Balaban J connectivity index is 2.17. The molecule has 160 valence electrons. The Morgan fingerprint density at radius 1 is 1.26 bits per heavy atom. The number of alkyl halides is 3. The number of benzene rings is 2. The molecule has 0 spiro atoms. The average Bonchev–Trinajstić information content (AvgIpc) is 2.77. The minimum absolute atomic E-state index is 0.0406. The van der Waals surface area contributed by atoms with Gasteiger partial charge in [-0.05, 0) is 42.8 Å². The quantitative estimate of drug-likeness (QED) is 0.440. The maximum absolute atomic E-state index is 13.2. The van der Waals surface area contributed by atoms with Gasteiger partial charge in [0.15, 0.2) is 0 Å². The third-order valence-corrected chi connectivity index (χ3v) is 4.78. The summed E-state index contributed by atoms with van der Waals surface area (Å²) in [5.74, 6) is 4.98. The zero-order chi connectivity index (χ0) is 22.8. The summed E-state index contributed by atoms with van der Waals surface area (Å²) < 4.78 is 44.6. The number of allylic oxidation sites excluding steroid dienone is 1. The van der Waals surface area contributed by atoms with Crippen molar-refractivity contribution in [2.24, 2.45) is 10.8 Å². The number of nitrogens with zero attached hydrogens (tertiary/aromatic N) is 3. The number of ether oxygens (including phenoxy) is 1. The fraction of sp³-hybridized carbons (Fsp3) is 0.190. The first kappa shape index (κ1) is 21.9. The highest BCUT2D eigenvalue weighted by Crippen LogP contribution is 2.38. The second kappa shape index (κ2) is 8.49. The summed E-state index contributed by atoms with van der Waals surface area (Å²) in [5.41, 5.74) is 3.08. The van der Waals surface area contributed by atoms with Gasteiger partial charge in [-0.15, -0.1) is 0 Å². The normalized spacial score (nSPS) is 16.5. The van der Waals surface area contributed by atoms with Crippen LogP contribution in [-0.4, -0.2) is 19.0 Å². The SMILES string of the molecule is COC(=O)C1=C(C)N(c2cccc(C(F)(F)F)c2)C(NN)=NC1c1ccc(C#N)cc1. The van der Waals surface area contributed by atoms with Crippen molar-refractivity contribution in [3.8, 4) is 6.07 Å². The third-order valence-electron chi connectivity index (χ3n) is 4.78. The van der Waals surface area contributed by atoms with Crippen LogP contribution in [0.15, 0.2) is 64.8 Å². The standard InChI is InChI=1S/C21H18F3N5O2/c1-12-17(19(30)31-2)18(14-8-6-13(11-25)7-9-14)27-20(28-26)29(12)16-5-3-4-15(10-16)21(22,23)24/h3-10,18H,26H2,1-2H3,(H,27,28). The van der Waals surface area contributed by atoms with E-state index in [4.69, 9.17) is 15.8 Å². The molecule has 0 aromatic heterocycles. The zero-order valence-corrected chi connectivity index (χ0v) is 16.6. The van der Waals surface area contributed by atoms with Crippen LogP contribution in [0.5, 0.6) is 0 Å². The summed E-state index contributed by atoms with van der Waals surface area (Å²) in [4.78, 5) is 18.4. The van der Waals surface area contributed by atoms with Crippen molar-refractivity contribution in [2.75, 3.05) is 12.0 Å². The number of nitrogens with one attached hydrogen (secondary N) is 1. The number of methoxy groups -OCH3 is 1. The number of aliphatic imine (C=N–C) groups is 1. The van der Waals surface area contributed by atoms with Crippen molar-refractivity contribution < 1.29 is 22.7 Å². The maximum Gasteiger partial charge on any atom is 0.416 e. The van der Waals surface area contributed by atoms with Crippen molar-refractivity contribution >= 4 is 17.6 Å². The number of esters is 1. The van der Waals surface area contributed by atoms with Gasteiger partial charge in [0.2, 0.25) is 5.96 Å². The molecular weight excluding hydrogens is 411 g/mol. The molecule has 0 saturated carbocycles. The number of anilines is 1. The van der Waals surface area contributed by atoms with Crippen molar-refractivity contribution in [2.45, 2.75) is 19.1 Å². The first-order valence-corrected chi connectivity index (χ1v) is 9.02. The highest BCUT2D eigenvalue weighted by Gasteiger charge is 2.36. The first-order chi connectivity index (χ1) is 14.7. The minimum Gasteiger partial charge on any atom is -0.466 e. The third kappa shape index (κ3) is 4.22. The van der Waals surface area contributed by atoms with E-state index in [2.05, 4.69) is 10.4 Å². The van der Waals surface area contributed by atoms with E-state index in [-0.39, 0.29) is 17.2 Å². The van der Waals surface area contributed by atoms with Gasteiger partial charge in [0.05, 0.1) is 29.9 Å². The molecule has 3 rings (SSSR count).